The number of rotatable bonds is 4. The van der Waals surface area contributed by atoms with Crippen LogP contribution in [-0.4, -0.2) is 25.9 Å². The molecule has 1 aromatic carbocycles. The topological polar surface area (TPSA) is 109 Å². The van der Waals surface area contributed by atoms with E-state index in [0.29, 0.717) is 5.56 Å². The van der Waals surface area contributed by atoms with Crippen LogP contribution in [0.3, 0.4) is 0 Å². The first-order chi connectivity index (χ1) is 7.55. The smallest absolute Gasteiger partial charge is 0.269 e. The highest BCUT2D eigenvalue weighted by atomic mass is 32.2. The van der Waals surface area contributed by atoms with Gasteiger partial charge in [-0.3, -0.25) is 9.11 Å². The summed E-state index contributed by atoms with van der Waals surface area (Å²) in [6, 6.07) is 4.34. The summed E-state index contributed by atoms with van der Waals surface area (Å²) in [7, 11) is -8.33. The molecule has 0 unspecified atom stereocenters. The molecule has 2 N–H and O–H groups in total. The number of aryl methyl sites for hydroxylation is 1. The van der Waals surface area contributed by atoms with Gasteiger partial charge in [-0.2, -0.15) is 16.8 Å². The fourth-order valence-electron chi connectivity index (χ4n) is 1.54. The molecular weight excluding hydrogens is 268 g/mol. The summed E-state index contributed by atoms with van der Waals surface area (Å²) in [5.74, 6) is -1.18. The Balaban J connectivity index is 3.11. The Kier molecular flexibility index (Phi) is 3.92. The van der Waals surface area contributed by atoms with Crippen LogP contribution in [0.15, 0.2) is 18.2 Å². The van der Waals surface area contributed by atoms with Gasteiger partial charge in [0.05, 0.1) is 0 Å². The molecule has 0 aromatic heterocycles. The van der Waals surface area contributed by atoms with E-state index in [0.717, 1.165) is 0 Å². The highest BCUT2D eigenvalue weighted by Crippen LogP contribution is 2.14. The Morgan fingerprint density at radius 3 is 1.53 bits per heavy atom. The standard InChI is InChI=1S/C9H12O6S2/c1-7-2-8(5-16(10,11)12)4-9(3-7)6-17(13,14)15/h2-4H,5-6H2,1H3,(H,10,11,12)(H,13,14,15). The zero-order valence-corrected chi connectivity index (χ0v) is 10.6. The number of hydrogen-bond donors (Lipinski definition) is 2. The predicted octanol–water partition coefficient (Wildman–Crippen LogP) is 0.771. The average molecular weight is 280 g/mol. The molecule has 8 heteroatoms. The molecule has 96 valence electrons. The van der Waals surface area contributed by atoms with Gasteiger partial charge in [0.1, 0.15) is 11.5 Å². The Hall–Kier alpha value is -0.960. The Morgan fingerprint density at radius 2 is 1.24 bits per heavy atom. The summed E-state index contributed by atoms with van der Waals surface area (Å²) in [4.78, 5) is 0. The maximum atomic E-state index is 10.7. The molecule has 0 heterocycles. The fraction of sp³-hybridized carbons (Fsp3) is 0.333. The molecular formula is C9H12O6S2. The molecule has 0 radical (unpaired) electrons. The van der Waals surface area contributed by atoms with E-state index in [-0.39, 0.29) is 11.1 Å². The highest BCUT2D eigenvalue weighted by molar-refractivity contribution is 7.85. The molecule has 0 fully saturated rings. The van der Waals surface area contributed by atoms with Crippen LogP contribution in [0.2, 0.25) is 0 Å². The molecule has 1 aromatic rings. The maximum Gasteiger partial charge on any atom is 0.269 e. The molecule has 17 heavy (non-hydrogen) atoms. The summed E-state index contributed by atoms with van der Waals surface area (Å²) in [5.41, 5.74) is 1.18. The van der Waals surface area contributed by atoms with Crippen LogP contribution in [0.5, 0.6) is 0 Å². The van der Waals surface area contributed by atoms with Crippen molar-refractivity contribution in [3.05, 3.63) is 34.9 Å². The minimum Gasteiger partial charge on any atom is -0.285 e. The third-order valence-corrected chi connectivity index (χ3v) is 3.29. The average Bonchev–Trinajstić information content (AvgIpc) is 1.93. The molecule has 0 saturated heterocycles. The van der Waals surface area contributed by atoms with Crippen LogP contribution in [0, 0.1) is 6.92 Å². The summed E-state index contributed by atoms with van der Waals surface area (Å²) in [6.07, 6.45) is 0. The lowest BCUT2D eigenvalue weighted by Crippen LogP contribution is -2.05. The van der Waals surface area contributed by atoms with E-state index >= 15 is 0 Å². The first-order valence-corrected chi connectivity index (χ1v) is 7.77. The summed E-state index contributed by atoms with van der Waals surface area (Å²) < 4.78 is 60.2. The lowest BCUT2D eigenvalue weighted by Gasteiger charge is -2.05. The second-order valence-electron chi connectivity index (χ2n) is 3.78. The molecule has 1 rings (SSSR count). The summed E-state index contributed by atoms with van der Waals surface area (Å²) in [6.45, 7) is 1.65. The second kappa shape index (κ2) is 4.73. The van der Waals surface area contributed by atoms with E-state index in [1.54, 1.807) is 6.92 Å². The van der Waals surface area contributed by atoms with Crippen molar-refractivity contribution in [2.45, 2.75) is 18.4 Å². The largest absolute Gasteiger partial charge is 0.285 e. The monoisotopic (exact) mass is 280 g/mol. The van der Waals surface area contributed by atoms with Crippen molar-refractivity contribution in [1.82, 2.24) is 0 Å². The van der Waals surface area contributed by atoms with Crippen molar-refractivity contribution in [2.75, 3.05) is 0 Å². The van der Waals surface area contributed by atoms with Crippen LogP contribution in [0.25, 0.3) is 0 Å². The van der Waals surface area contributed by atoms with E-state index in [1.807, 2.05) is 0 Å². The van der Waals surface area contributed by atoms with Gasteiger partial charge in [0.2, 0.25) is 0 Å². The zero-order valence-electron chi connectivity index (χ0n) is 8.99. The molecule has 0 bridgehead atoms. The van der Waals surface area contributed by atoms with E-state index in [2.05, 4.69) is 0 Å². The quantitative estimate of drug-likeness (QED) is 0.788. The summed E-state index contributed by atoms with van der Waals surface area (Å²) in [5, 5.41) is 0. The molecule has 0 amide bonds. The third-order valence-electron chi connectivity index (χ3n) is 1.90. The van der Waals surface area contributed by atoms with Crippen LogP contribution < -0.4 is 0 Å². The van der Waals surface area contributed by atoms with E-state index in [9.17, 15) is 16.8 Å². The van der Waals surface area contributed by atoms with Crippen molar-refractivity contribution >= 4 is 20.2 Å². The molecule has 0 aliphatic carbocycles. The zero-order chi connectivity index (χ0) is 13.3. The van der Waals surface area contributed by atoms with E-state index in [4.69, 9.17) is 9.11 Å². The van der Waals surface area contributed by atoms with Gasteiger partial charge < -0.3 is 0 Å². The van der Waals surface area contributed by atoms with Crippen molar-refractivity contribution in [3.63, 3.8) is 0 Å². The molecule has 0 saturated carbocycles. The van der Waals surface area contributed by atoms with Gasteiger partial charge in [0.15, 0.2) is 0 Å². The van der Waals surface area contributed by atoms with Crippen LogP contribution >= 0.6 is 0 Å². The SMILES string of the molecule is Cc1cc(CS(=O)(=O)O)cc(CS(=O)(=O)O)c1. The van der Waals surface area contributed by atoms with Crippen molar-refractivity contribution in [2.24, 2.45) is 0 Å². The minimum atomic E-state index is -4.17. The lowest BCUT2D eigenvalue weighted by atomic mass is 10.1. The normalized spacial score (nSPS) is 12.6. The van der Waals surface area contributed by atoms with Crippen LogP contribution in [0.4, 0.5) is 0 Å². The number of benzene rings is 1. The first-order valence-electron chi connectivity index (χ1n) is 4.55. The molecule has 6 nitrogen and oxygen atoms in total. The summed E-state index contributed by atoms with van der Waals surface area (Å²) >= 11 is 0. The van der Waals surface area contributed by atoms with Crippen molar-refractivity contribution in [3.8, 4) is 0 Å². The third kappa shape index (κ3) is 5.78. The Labute approximate surface area is 99.8 Å². The van der Waals surface area contributed by atoms with Crippen molar-refractivity contribution < 1.29 is 25.9 Å². The minimum absolute atomic E-state index is 0.270. The predicted molar refractivity (Wildman–Crippen MR) is 61.7 cm³/mol. The van der Waals surface area contributed by atoms with Crippen molar-refractivity contribution in [1.29, 1.82) is 0 Å². The molecule has 0 spiro atoms. The van der Waals surface area contributed by atoms with Gasteiger partial charge >= 0.3 is 0 Å². The van der Waals surface area contributed by atoms with E-state index in [1.165, 1.54) is 18.2 Å². The lowest BCUT2D eigenvalue weighted by molar-refractivity contribution is 0.480. The maximum absolute atomic E-state index is 10.7. The molecule has 0 aliphatic heterocycles. The van der Waals surface area contributed by atoms with E-state index < -0.39 is 31.7 Å². The number of hydrogen-bond acceptors (Lipinski definition) is 4. The van der Waals surface area contributed by atoms with Gasteiger partial charge in [-0.15, -0.1) is 0 Å². The Morgan fingerprint density at radius 1 is 0.882 bits per heavy atom. The Bertz CT molecular complexity index is 563. The van der Waals surface area contributed by atoms with Gasteiger partial charge in [-0.25, -0.2) is 0 Å². The second-order valence-corrected chi connectivity index (χ2v) is 6.68. The van der Waals surface area contributed by atoms with Gasteiger partial charge in [-0.1, -0.05) is 23.8 Å². The molecule has 0 atom stereocenters. The van der Waals surface area contributed by atoms with Crippen LogP contribution in [0.1, 0.15) is 16.7 Å². The fourth-order valence-corrected chi connectivity index (χ4v) is 2.71. The van der Waals surface area contributed by atoms with Gasteiger partial charge in [-0.05, 0) is 18.1 Å². The van der Waals surface area contributed by atoms with Gasteiger partial charge in [0, 0.05) is 0 Å². The van der Waals surface area contributed by atoms with Crippen LogP contribution in [-0.2, 0) is 31.7 Å². The first kappa shape index (κ1) is 14.1. The van der Waals surface area contributed by atoms with Gasteiger partial charge in [0.25, 0.3) is 20.2 Å². The molecule has 0 aliphatic rings. The highest BCUT2D eigenvalue weighted by Gasteiger charge is 2.11.